The van der Waals surface area contributed by atoms with Crippen LogP contribution in [-0.4, -0.2) is 59.3 Å². The lowest BCUT2D eigenvalue weighted by atomic mass is 9.88. The van der Waals surface area contributed by atoms with E-state index < -0.39 is 23.4 Å². The number of nitrogens with one attached hydrogen (secondary N) is 1. The fraction of sp³-hybridized carbons (Fsp3) is 0.562. The third-order valence-electron chi connectivity index (χ3n) is 6.76. The number of ether oxygens (including phenoxy) is 2. The SMILES string of the molecule is CC(C)(C)OC(=O)NC(=O)OC(C)(C)C.CSc1sc(C(=O)N2CCC(c3cccc(C)c3)CC2)c2c1C(=O)CCC2. The molecule has 1 saturated heterocycles. The van der Waals surface area contributed by atoms with E-state index in [9.17, 15) is 19.2 Å². The number of carbonyl (C=O) groups is 4. The number of hydrogen-bond donors (Lipinski definition) is 1. The number of aryl methyl sites for hydroxylation is 1. The Bertz CT molecular complexity index is 1270. The average molecular weight is 617 g/mol. The number of ketones is 1. The summed E-state index contributed by atoms with van der Waals surface area (Å²) in [7, 11) is 0. The maximum atomic E-state index is 13.2. The molecule has 1 fully saturated rings. The van der Waals surface area contributed by atoms with E-state index in [4.69, 9.17) is 9.47 Å². The lowest BCUT2D eigenvalue weighted by molar-refractivity contribution is 0.0352. The highest BCUT2D eigenvalue weighted by molar-refractivity contribution is 8.00. The van der Waals surface area contributed by atoms with Crippen LogP contribution in [0.4, 0.5) is 9.59 Å². The molecule has 2 aromatic rings. The number of amides is 3. The van der Waals surface area contributed by atoms with Crippen molar-refractivity contribution in [2.45, 2.75) is 102 Å². The standard InChI is InChI=1S/C22H25NO2S2.C10H19NO4/c1-14-5-3-6-16(13-14)15-9-11-23(12-10-15)21(25)20-17-7-4-8-18(24)19(17)22(26-2)27-20;1-9(2,3)14-7(12)11-8(13)15-10(4,5)6/h3,5-6,13,15H,4,7-12H2,1-2H3;1-6H3,(H,11,12,13). The molecule has 1 aliphatic heterocycles. The van der Waals surface area contributed by atoms with Gasteiger partial charge in [0.15, 0.2) is 5.78 Å². The van der Waals surface area contributed by atoms with Crippen molar-refractivity contribution >= 4 is 47.0 Å². The Labute approximate surface area is 257 Å². The first-order valence-electron chi connectivity index (χ1n) is 14.4. The number of carbonyl (C=O) groups excluding carboxylic acids is 4. The second-order valence-corrected chi connectivity index (χ2v) is 14.8. The van der Waals surface area contributed by atoms with Crippen molar-refractivity contribution in [1.29, 1.82) is 0 Å². The number of fused-ring (bicyclic) bond motifs is 1. The molecule has 0 saturated carbocycles. The first kappa shape index (κ1) is 33.6. The van der Waals surface area contributed by atoms with Gasteiger partial charge in [0.2, 0.25) is 0 Å². The average Bonchev–Trinajstić information content (AvgIpc) is 3.26. The van der Waals surface area contributed by atoms with Gasteiger partial charge < -0.3 is 14.4 Å². The highest BCUT2D eigenvalue weighted by atomic mass is 32.2. The van der Waals surface area contributed by atoms with E-state index in [1.165, 1.54) is 22.5 Å². The van der Waals surface area contributed by atoms with Gasteiger partial charge in [-0.25, -0.2) is 14.9 Å². The number of thioether (sulfide) groups is 1. The van der Waals surface area contributed by atoms with E-state index in [1.807, 2.05) is 16.5 Å². The van der Waals surface area contributed by atoms with E-state index in [-0.39, 0.29) is 11.7 Å². The Balaban J connectivity index is 0.000000277. The number of Topliss-reactive ketones (excluding diaryl/α,β-unsaturated/α-hetero) is 1. The van der Waals surface area contributed by atoms with Gasteiger partial charge in [-0.05, 0) is 97.5 Å². The highest BCUT2D eigenvalue weighted by Gasteiger charge is 2.32. The smallest absolute Gasteiger partial charge is 0.417 e. The fourth-order valence-corrected chi connectivity index (χ4v) is 7.10. The first-order valence-corrected chi connectivity index (χ1v) is 16.4. The van der Waals surface area contributed by atoms with Crippen molar-refractivity contribution in [3.63, 3.8) is 0 Å². The molecule has 0 bridgehead atoms. The summed E-state index contributed by atoms with van der Waals surface area (Å²) in [5.74, 6) is 0.887. The molecule has 42 heavy (non-hydrogen) atoms. The van der Waals surface area contributed by atoms with E-state index in [2.05, 4.69) is 31.2 Å². The minimum atomic E-state index is -0.809. The van der Waals surface area contributed by atoms with Crippen LogP contribution in [0.1, 0.15) is 110 Å². The largest absolute Gasteiger partial charge is 0.443 e. The van der Waals surface area contributed by atoms with E-state index in [1.54, 1.807) is 53.3 Å². The minimum Gasteiger partial charge on any atom is -0.443 e. The summed E-state index contributed by atoms with van der Waals surface area (Å²) in [4.78, 5) is 50.7. The van der Waals surface area contributed by atoms with Gasteiger partial charge in [0, 0.05) is 25.1 Å². The van der Waals surface area contributed by atoms with Crippen LogP contribution in [0.5, 0.6) is 0 Å². The van der Waals surface area contributed by atoms with Crippen molar-refractivity contribution in [3.8, 4) is 0 Å². The summed E-state index contributed by atoms with van der Waals surface area (Å²) < 4.78 is 10.8. The molecular weight excluding hydrogens is 572 g/mol. The van der Waals surface area contributed by atoms with Gasteiger partial charge in [0.25, 0.3) is 5.91 Å². The lowest BCUT2D eigenvalue weighted by Crippen LogP contribution is -2.39. The second kappa shape index (κ2) is 14.1. The predicted octanol–water partition coefficient (Wildman–Crippen LogP) is 7.76. The van der Waals surface area contributed by atoms with E-state index in [0.29, 0.717) is 12.3 Å². The molecule has 0 atom stereocenters. The summed E-state index contributed by atoms with van der Waals surface area (Å²) in [6.07, 6.45) is 4.75. The van der Waals surface area contributed by atoms with Gasteiger partial charge in [-0.3, -0.25) is 9.59 Å². The molecule has 0 unspecified atom stereocenters. The minimum absolute atomic E-state index is 0.133. The van der Waals surface area contributed by atoms with Crippen LogP contribution in [0.25, 0.3) is 0 Å². The molecule has 3 amide bonds. The number of imide groups is 1. The predicted molar refractivity (Wildman–Crippen MR) is 168 cm³/mol. The summed E-state index contributed by atoms with van der Waals surface area (Å²) in [6, 6.07) is 8.74. The van der Waals surface area contributed by atoms with Crippen LogP contribution in [0, 0.1) is 6.92 Å². The maximum Gasteiger partial charge on any atom is 0.417 e. The number of benzene rings is 1. The molecule has 2 aliphatic rings. The molecule has 0 spiro atoms. The molecule has 0 radical (unpaired) electrons. The number of thiophene rings is 1. The summed E-state index contributed by atoms with van der Waals surface area (Å²) >= 11 is 3.13. The maximum absolute atomic E-state index is 13.2. The first-order chi connectivity index (χ1) is 19.6. The zero-order chi connectivity index (χ0) is 31.2. The van der Waals surface area contributed by atoms with Gasteiger partial charge in [0.1, 0.15) is 11.2 Å². The monoisotopic (exact) mass is 616 g/mol. The third kappa shape index (κ3) is 9.59. The summed E-state index contributed by atoms with van der Waals surface area (Å²) in [6.45, 7) is 14.0. The highest BCUT2D eigenvalue weighted by Crippen LogP contribution is 2.40. The molecule has 4 rings (SSSR count). The molecule has 10 heteroatoms. The van der Waals surface area contributed by atoms with Crippen molar-refractivity contribution in [2.75, 3.05) is 19.3 Å². The van der Waals surface area contributed by atoms with Crippen LogP contribution < -0.4 is 5.32 Å². The van der Waals surface area contributed by atoms with Crippen molar-refractivity contribution < 1.29 is 28.7 Å². The number of rotatable bonds is 3. The molecule has 1 aliphatic carbocycles. The van der Waals surface area contributed by atoms with E-state index >= 15 is 0 Å². The number of nitrogens with zero attached hydrogens (tertiary/aromatic N) is 1. The Kier molecular flexibility index (Phi) is 11.3. The molecule has 230 valence electrons. The van der Waals surface area contributed by atoms with Crippen LogP contribution in [-0.2, 0) is 15.9 Å². The Morgan fingerprint density at radius 2 is 1.57 bits per heavy atom. The zero-order valence-corrected chi connectivity index (χ0v) is 27.7. The molecule has 1 N–H and O–H groups in total. The number of likely N-dealkylation sites (tertiary alicyclic amines) is 1. The van der Waals surface area contributed by atoms with Crippen LogP contribution >= 0.6 is 23.1 Å². The molecular formula is C32H44N2O6S2. The fourth-order valence-electron chi connectivity index (χ4n) is 5.00. The van der Waals surface area contributed by atoms with Gasteiger partial charge in [-0.15, -0.1) is 23.1 Å². The van der Waals surface area contributed by atoms with Crippen LogP contribution in [0.3, 0.4) is 0 Å². The number of alkyl carbamates (subject to hydrolysis) is 2. The number of hydrogen-bond acceptors (Lipinski definition) is 8. The summed E-state index contributed by atoms with van der Waals surface area (Å²) in [5, 5.41) is 1.97. The lowest BCUT2D eigenvalue weighted by Gasteiger charge is -2.32. The molecule has 1 aromatic carbocycles. The Morgan fingerprint density at radius 3 is 2.10 bits per heavy atom. The summed E-state index contributed by atoms with van der Waals surface area (Å²) in [5.41, 5.74) is 3.29. The number of piperidine rings is 1. The third-order valence-corrected chi connectivity index (χ3v) is 9.10. The normalized spacial score (nSPS) is 15.7. The molecule has 8 nitrogen and oxygen atoms in total. The van der Waals surface area contributed by atoms with Crippen molar-refractivity contribution in [1.82, 2.24) is 10.2 Å². The zero-order valence-electron chi connectivity index (χ0n) is 26.0. The van der Waals surface area contributed by atoms with Crippen LogP contribution in [0.2, 0.25) is 0 Å². The Hall–Kier alpha value is -2.85. The van der Waals surface area contributed by atoms with Crippen LogP contribution in [0.15, 0.2) is 28.5 Å². The molecule has 1 aromatic heterocycles. The van der Waals surface area contributed by atoms with Gasteiger partial charge in [-0.2, -0.15) is 0 Å². The van der Waals surface area contributed by atoms with Gasteiger partial charge in [-0.1, -0.05) is 29.8 Å². The molecule has 2 heterocycles. The van der Waals surface area contributed by atoms with Crippen molar-refractivity contribution in [2.24, 2.45) is 0 Å². The topological polar surface area (TPSA) is 102 Å². The Morgan fingerprint density at radius 1 is 0.976 bits per heavy atom. The van der Waals surface area contributed by atoms with Crippen molar-refractivity contribution in [3.05, 3.63) is 51.4 Å². The second-order valence-electron chi connectivity index (χ2n) is 12.7. The van der Waals surface area contributed by atoms with Gasteiger partial charge in [0.05, 0.1) is 9.09 Å². The quantitative estimate of drug-likeness (QED) is 0.352. The van der Waals surface area contributed by atoms with Gasteiger partial charge >= 0.3 is 12.2 Å². The van der Waals surface area contributed by atoms with E-state index in [0.717, 1.165) is 59.0 Å².